The van der Waals surface area contributed by atoms with Crippen molar-refractivity contribution >= 4 is 23.0 Å². The molecule has 1 heterocycles. The van der Waals surface area contributed by atoms with E-state index >= 15 is 0 Å². The van der Waals surface area contributed by atoms with Gasteiger partial charge in [-0.2, -0.15) is 0 Å². The fourth-order valence-electron chi connectivity index (χ4n) is 2.95. The molecule has 1 aliphatic rings. The molecule has 1 aromatic rings. The third-order valence-electron chi connectivity index (χ3n) is 4.25. The molecule has 0 bridgehead atoms. The Morgan fingerprint density at radius 1 is 1.19 bits per heavy atom. The fourth-order valence-corrected chi connectivity index (χ4v) is 3.23. The van der Waals surface area contributed by atoms with Crippen LogP contribution >= 0.6 is 12.2 Å². The van der Waals surface area contributed by atoms with Gasteiger partial charge in [-0.25, -0.2) is 0 Å². The van der Waals surface area contributed by atoms with Gasteiger partial charge in [0.2, 0.25) is 0 Å². The van der Waals surface area contributed by atoms with Gasteiger partial charge in [-0.05, 0) is 42.8 Å². The average molecular weight is 306 g/mol. The number of hydrogen-bond donors (Lipinski definition) is 3. The molecule has 0 saturated carbocycles. The van der Waals surface area contributed by atoms with Crippen molar-refractivity contribution in [2.75, 3.05) is 25.0 Å². The summed E-state index contributed by atoms with van der Waals surface area (Å²) in [4.78, 5) is 1.74. The summed E-state index contributed by atoms with van der Waals surface area (Å²) in [5.41, 5.74) is 2.42. The topological polar surface area (TPSA) is 28.5 Å². The van der Waals surface area contributed by atoms with Gasteiger partial charge >= 0.3 is 0 Å². The molecule has 0 atom stereocenters. The summed E-state index contributed by atoms with van der Waals surface area (Å²) >= 11 is 5.43. The van der Waals surface area contributed by atoms with Crippen molar-refractivity contribution in [1.82, 2.24) is 5.32 Å². The molecule has 1 fully saturated rings. The zero-order valence-corrected chi connectivity index (χ0v) is 14.1. The van der Waals surface area contributed by atoms with E-state index in [-0.39, 0.29) is 0 Å². The number of piperidine rings is 1. The van der Waals surface area contributed by atoms with E-state index in [2.05, 4.69) is 48.7 Å². The van der Waals surface area contributed by atoms with Gasteiger partial charge in [0.1, 0.15) is 0 Å². The Balaban J connectivity index is 1.74. The van der Waals surface area contributed by atoms with Crippen molar-refractivity contribution in [3.8, 4) is 0 Å². The first kappa shape index (κ1) is 16.2. The normalized spacial score (nSPS) is 21.8. The number of quaternary nitrogens is 1. The van der Waals surface area contributed by atoms with Gasteiger partial charge < -0.3 is 15.5 Å². The van der Waals surface area contributed by atoms with Crippen LogP contribution in [0.15, 0.2) is 24.3 Å². The summed E-state index contributed by atoms with van der Waals surface area (Å²) in [6.07, 6.45) is 4.78. The van der Waals surface area contributed by atoms with Gasteiger partial charge in [0.25, 0.3) is 0 Å². The second-order valence-electron chi connectivity index (χ2n) is 5.92. The van der Waals surface area contributed by atoms with Crippen LogP contribution in [0.25, 0.3) is 0 Å². The summed E-state index contributed by atoms with van der Waals surface area (Å²) in [5.74, 6) is 0. The fraction of sp³-hybridized carbons (Fsp3) is 0.588. The minimum Gasteiger partial charge on any atom is -0.359 e. The van der Waals surface area contributed by atoms with Crippen LogP contribution in [0.3, 0.4) is 0 Å². The summed E-state index contributed by atoms with van der Waals surface area (Å²) in [5, 5.41) is 7.51. The van der Waals surface area contributed by atoms with Crippen molar-refractivity contribution in [2.45, 2.75) is 45.6 Å². The number of anilines is 1. The molecule has 2 rings (SSSR count). The van der Waals surface area contributed by atoms with E-state index in [0.29, 0.717) is 6.04 Å². The first-order valence-corrected chi connectivity index (χ1v) is 8.62. The van der Waals surface area contributed by atoms with Crippen LogP contribution in [-0.4, -0.2) is 30.8 Å². The minimum absolute atomic E-state index is 0.528. The Morgan fingerprint density at radius 2 is 1.86 bits per heavy atom. The summed E-state index contributed by atoms with van der Waals surface area (Å²) in [6.45, 7) is 8.26. The second kappa shape index (κ2) is 8.35. The van der Waals surface area contributed by atoms with Gasteiger partial charge in [-0.15, -0.1) is 0 Å². The molecule has 0 unspecified atom stereocenters. The molecule has 1 saturated heterocycles. The molecule has 0 amide bonds. The van der Waals surface area contributed by atoms with E-state index < -0.39 is 0 Å². The lowest BCUT2D eigenvalue weighted by Gasteiger charge is -2.30. The van der Waals surface area contributed by atoms with Crippen LogP contribution < -0.4 is 15.5 Å². The number of likely N-dealkylation sites (tertiary alicyclic amines) is 1. The lowest BCUT2D eigenvalue weighted by atomic mass is 10.1. The summed E-state index contributed by atoms with van der Waals surface area (Å²) in [6, 6.07) is 9.02. The average Bonchev–Trinajstić information content (AvgIpc) is 2.50. The van der Waals surface area contributed by atoms with E-state index in [1.165, 1.54) is 44.5 Å². The van der Waals surface area contributed by atoms with Crippen molar-refractivity contribution in [1.29, 1.82) is 0 Å². The predicted molar refractivity (Wildman–Crippen MR) is 94.1 cm³/mol. The number of hydrogen-bond acceptors (Lipinski definition) is 1. The standard InChI is InChI=1S/C17H27N3S/c1-3-11-20-12-9-16(10-13-20)19-17(21)18-15-7-5-14(4-2)6-8-15/h5-8,16H,3-4,9-13H2,1-2H3,(H2,18,19,21)/p+1. The molecule has 116 valence electrons. The summed E-state index contributed by atoms with van der Waals surface area (Å²) < 4.78 is 0. The first-order valence-electron chi connectivity index (χ1n) is 8.21. The Kier molecular flexibility index (Phi) is 6.46. The maximum atomic E-state index is 5.43. The molecule has 4 heteroatoms. The lowest BCUT2D eigenvalue weighted by Crippen LogP contribution is -3.13. The van der Waals surface area contributed by atoms with Gasteiger partial charge in [0.05, 0.1) is 19.6 Å². The van der Waals surface area contributed by atoms with Gasteiger partial charge in [0.15, 0.2) is 5.11 Å². The number of thiocarbonyl (C=S) groups is 1. The van der Waals surface area contributed by atoms with E-state index in [1.54, 1.807) is 4.90 Å². The van der Waals surface area contributed by atoms with E-state index in [9.17, 15) is 0 Å². The predicted octanol–water partition coefficient (Wildman–Crippen LogP) is 1.99. The first-order chi connectivity index (χ1) is 10.2. The Morgan fingerprint density at radius 3 is 2.43 bits per heavy atom. The van der Waals surface area contributed by atoms with E-state index in [4.69, 9.17) is 12.2 Å². The van der Waals surface area contributed by atoms with Gasteiger partial charge in [0, 0.05) is 24.6 Å². The number of rotatable bonds is 5. The number of nitrogens with one attached hydrogen (secondary N) is 3. The molecular weight excluding hydrogens is 278 g/mol. The van der Waals surface area contributed by atoms with Gasteiger partial charge in [-0.3, -0.25) is 0 Å². The van der Waals surface area contributed by atoms with Crippen LogP contribution in [-0.2, 0) is 6.42 Å². The molecule has 0 aliphatic carbocycles. The quantitative estimate of drug-likeness (QED) is 0.727. The largest absolute Gasteiger partial charge is 0.359 e. The molecule has 3 N–H and O–H groups in total. The monoisotopic (exact) mass is 306 g/mol. The van der Waals surface area contributed by atoms with Gasteiger partial charge in [-0.1, -0.05) is 26.0 Å². The van der Waals surface area contributed by atoms with Crippen molar-refractivity contribution < 1.29 is 4.90 Å². The molecule has 0 spiro atoms. The maximum Gasteiger partial charge on any atom is 0.171 e. The molecule has 0 radical (unpaired) electrons. The van der Waals surface area contributed by atoms with Crippen LogP contribution in [0.2, 0.25) is 0 Å². The molecule has 0 aromatic heterocycles. The molecule has 3 nitrogen and oxygen atoms in total. The lowest BCUT2D eigenvalue weighted by molar-refractivity contribution is -0.905. The van der Waals surface area contributed by atoms with Crippen LogP contribution in [0.1, 0.15) is 38.7 Å². The summed E-state index contributed by atoms with van der Waals surface area (Å²) in [7, 11) is 0. The highest BCUT2D eigenvalue weighted by Gasteiger charge is 2.21. The minimum atomic E-state index is 0.528. The highest BCUT2D eigenvalue weighted by Crippen LogP contribution is 2.10. The van der Waals surface area contributed by atoms with Crippen LogP contribution in [0.4, 0.5) is 5.69 Å². The zero-order valence-electron chi connectivity index (χ0n) is 13.2. The Labute approximate surface area is 134 Å². The van der Waals surface area contributed by atoms with Crippen molar-refractivity contribution in [3.05, 3.63) is 29.8 Å². The Hall–Kier alpha value is -1.13. The second-order valence-corrected chi connectivity index (χ2v) is 6.33. The van der Waals surface area contributed by atoms with E-state index in [0.717, 1.165) is 17.2 Å². The third-order valence-corrected chi connectivity index (χ3v) is 4.47. The molecule has 1 aliphatic heterocycles. The number of aryl methyl sites for hydroxylation is 1. The zero-order chi connectivity index (χ0) is 15.1. The maximum absolute atomic E-state index is 5.43. The van der Waals surface area contributed by atoms with Crippen LogP contribution in [0, 0.1) is 0 Å². The molecule has 1 aromatic carbocycles. The highest BCUT2D eigenvalue weighted by molar-refractivity contribution is 7.80. The molecular formula is C17H28N3S+. The highest BCUT2D eigenvalue weighted by atomic mass is 32.1. The number of benzene rings is 1. The Bertz CT molecular complexity index is 436. The van der Waals surface area contributed by atoms with Crippen LogP contribution in [0.5, 0.6) is 0 Å². The third kappa shape index (κ3) is 5.29. The van der Waals surface area contributed by atoms with Crippen molar-refractivity contribution in [3.63, 3.8) is 0 Å². The van der Waals surface area contributed by atoms with Crippen molar-refractivity contribution in [2.24, 2.45) is 0 Å². The van der Waals surface area contributed by atoms with E-state index in [1.807, 2.05) is 0 Å². The SMILES string of the molecule is CCC[NH+]1CCC(NC(=S)Nc2ccc(CC)cc2)CC1. The smallest absolute Gasteiger partial charge is 0.171 e. The molecule has 21 heavy (non-hydrogen) atoms.